The molecule has 0 spiro atoms. The number of sulfone groups is 1. The molecule has 5 nitrogen and oxygen atoms in total. The highest BCUT2D eigenvalue weighted by Crippen LogP contribution is 2.26. The molecule has 3 aromatic rings. The maximum Gasteiger partial charge on any atom is 0.254 e. The summed E-state index contributed by atoms with van der Waals surface area (Å²) in [6.07, 6.45) is 0.467. The maximum absolute atomic E-state index is 13.6. The lowest BCUT2D eigenvalue weighted by molar-refractivity contribution is 0.0681. The first-order valence-electron chi connectivity index (χ1n) is 11.0. The van der Waals surface area contributed by atoms with Gasteiger partial charge in [-0.1, -0.05) is 56.3 Å². The molecule has 0 unspecified atom stereocenters. The standard InChI is InChI=1S/C26H29NO4S/c1-19(2)17-31-24-12-10-21(11-13-24)26(28)27(23-14-15-32(29,30)18-23)16-22-8-5-7-20-6-3-4-9-25(20)22/h3-13,19,23H,14-18H2,1-2H3/t23-/m0/s1. The number of nitrogens with zero attached hydrogens (tertiary/aromatic N) is 1. The van der Waals surface area contributed by atoms with E-state index < -0.39 is 9.84 Å². The Morgan fingerprint density at radius 1 is 1.03 bits per heavy atom. The summed E-state index contributed by atoms with van der Waals surface area (Å²) in [6, 6.07) is 20.9. The van der Waals surface area contributed by atoms with Gasteiger partial charge in [0.25, 0.3) is 5.91 Å². The van der Waals surface area contributed by atoms with Crippen LogP contribution in [-0.4, -0.2) is 43.4 Å². The summed E-state index contributed by atoms with van der Waals surface area (Å²) in [7, 11) is -3.13. The van der Waals surface area contributed by atoms with Crippen molar-refractivity contribution in [1.29, 1.82) is 0 Å². The van der Waals surface area contributed by atoms with Gasteiger partial charge in [-0.05, 0) is 52.9 Å². The molecule has 1 saturated heterocycles. The van der Waals surface area contributed by atoms with Crippen LogP contribution in [-0.2, 0) is 16.4 Å². The summed E-state index contributed by atoms with van der Waals surface area (Å²) in [4.78, 5) is 15.3. The molecule has 4 rings (SSSR count). The van der Waals surface area contributed by atoms with Crippen molar-refractivity contribution in [2.45, 2.75) is 32.9 Å². The average Bonchev–Trinajstić information content (AvgIpc) is 3.15. The van der Waals surface area contributed by atoms with E-state index in [9.17, 15) is 13.2 Å². The lowest BCUT2D eigenvalue weighted by Gasteiger charge is -2.29. The van der Waals surface area contributed by atoms with E-state index in [-0.39, 0.29) is 23.5 Å². The first-order chi connectivity index (χ1) is 15.3. The molecule has 1 atom stereocenters. The third-order valence-electron chi connectivity index (χ3n) is 5.82. The maximum atomic E-state index is 13.6. The highest BCUT2D eigenvalue weighted by Gasteiger charge is 2.35. The van der Waals surface area contributed by atoms with Crippen molar-refractivity contribution in [1.82, 2.24) is 4.90 Å². The molecular formula is C26H29NO4S. The zero-order chi connectivity index (χ0) is 22.7. The summed E-state index contributed by atoms with van der Waals surface area (Å²) in [6.45, 7) is 5.14. The first-order valence-corrected chi connectivity index (χ1v) is 12.9. The molecule has 0 saturated carbocycles. The molecule has 0 N–H and O–H groups in total. The second-order valence-electron chi connectivity index (χ2n) is 8.86. The fourth-order valence-electron chi connectivity index (χ4n) is 4.12. The number of carbonyl (C=O) groups excluding carboxylic acids is 1. The summed E-state index contributed by atoms with van der Waals surface area (Å²) >= 11 is 0. The molecule has 0 aromatic heterocycles. The third-order valence-corrected chi connectivity index (χ3v) is 7.57. The molecule has 168 valence electrons. The number of carbonyl (C=O) groups is 1. The Morgan fingerprint density at radius 2 is 1.75 bits per heavy atom. The van der Waals surface area contributed by atoms with E-state index in [0.29, 0.717) is 31.1 Å². The molecule has 6 heteroatoms. The van der Waals surface area contributed by atoms with Crippen LogP contribution >= 0.6 is 0 Å². The van der Waals surface area contributed by atoms with E-state index in [0.717, 1.165) is 22.1 Å². The SMILES string of the molecule is CC(C)COc1ccc(C(=O)N(Cc2cccc3ccccc23)[C@H]2CCS(=O)(=O)C2)cc1. The van der Waals surface area contributed by atoms with E-state index in [4.69, 9.17) is 4.74 Å². The number of benzene rings is 3. The molecular weight excluding hydrogens is 422 g/mol. The Bertz CT molecular complexity index is 1200. The van der Waals surface area contributed by atoms with Gasteiger partial charge in [-0.15, -0.1) is 0 Å². The van der Waals surface area contributed by atoms with Gasteiger partial charge in [-0.2, -0.15) is 0 Å². The molecule has 0 bridgehead atoms. The Kier molecular flexibility index (Phi) is 6.51. The van der Waals surface area contributed by atoms with E-state index in [1.165, 1.54) is 0 Å². The van der Waals surface area contributed by atoms with Gasteiger partial charge >= 0.3 is 0 Å². The Hall–Kier alpha value is -2.86. The van der Waals surface area contributed by atoms with Gasteiger partial charge in [0.05, 0.1) is 18.1 Å². The van der Waals surface area contributed by atoms with Crippen LogP contribution < -0.4 is 4.74 Å². The van der Waals surface area contributed by atoms with Gasteiger partial charge in [-0.3, -0.25) is 4.79 Å². The minimum Gasteiger partial charge on any atom is -0.493 e. The highest BCUT2D eigenvalue weighted by molar-refractivity contribution is 7.91. The van der Waals surface area contributed by atoms with Crippen LogP contribution in [0.25, 0.3) is 10.8 Å². The Balaban J connectivity index is 1.63. The van der Waals surface area contributed by atoms with Crippen LogP contribution in [0.3, 0.4) is 0 Å². The monoisotopic (exact) mass is 451 g/mol. The zero-order valence-corrected chi connectivity index (χ0v) is 19.3. The van der Waals surface area contributed by atoms with Crippen LogP contribution in [0.15, 0.2) is 66.7 Å². The molecule has 32 heavy (non-hydrogen) atoms. The normalized spacial score (nSPS) is 17.5. The number of rotatable bonds is 7. The topological polar surface area (TPSA) is 63.7 Å². The van der Waals surface area contributed by atoms with Gasteiger partial charge < -0.3 is 9.64 Å². The Labute approximate surface area is 189 Å². The number of amides is 1. The van der Waals surface area contributed by atoms with Crippen molar-refractivity contribution in [2.24, 2.45) is 5.92 Å². The van der Waals surface area contributed by atoms with E-state index in [1.807, 2.05) is 42.5 Å². The summed E-state index contributed by atoms with van der Waals surface area (Å²) in [5.41, 5.74) is 1.55. The van der Waals surface area contributed by atoms with Crippen molar-refractivity contribution < 1.29 is 17.9 Å². The van der Waals surface area contributed by atoms with Crippen molar-refractivity contribution in [3.8, 4) is 5.75 Å². The van der Waals surface area contributed by atoms with E-state index >= 15 is 0 Å². The minimum atomic E-state index is -3.13. The van der Waals surface area contributed by atoms with Crippen molar-refractivity contribution in [2.75, 3.05) is 18.1 Å². The van der Waals surface area contributed by atoms with Crippen LogP contribution in [0.5, 0.6) is 5.75 Å². The van der Waals surface area contributed by atoms with Crippen molar-refractivity contribution in [3.05, 3.63) is 77.9 Å². The predicted molar refractivity (Wildman–Crippen MR) is 128 cm³/mol. The number of hydrogen-bond donors (Lipinski definition) is 0. The molecule has 1 aliphatic heterocycles. The van der Waals surface area contributed by atoms with Gasteiger partial charge in [0.1, 0.15) is 5.75 Å². The number of fused-ring (bicyclic) bond motifs is 1. The lowest BCUT2D eigenvalue weighted by Crippen LogP contribution is -2.40. The van der Waals surface area contributed by atoms with E-state index in [1.54, 1.807) is 29.2 Å². The number of hydrogen-bond acceptors (Lipinski definition) is 4. The fraction of sp³-hybridized carbons (Fsp3) is 0.346. The molecule has 1 aliphatic rings. The molecule has 3 aromatic carbocycles. The molecule has 1 amide bonds. The predicted octanol–water partition coefficient (Wildman–Crippen LogP) is 4.70. The van der Waals surface area contributed by atoms with Crippen molar-refractivity contribution in [3.63, 3.8) is 0 Å². The Morgan fingerprint density at radius 3 is 2.44 bits per heavy atom. The zero-order valence-electron chi connectivity index (χ0n) is 18.5. The first kappa shape index (κ1) is 22.3. The van der Waals surface area contributed by atoms with Crippen LogP contribution in [0.4, 0.5) is 0 Å². The van der Waals surface area contributed by atoms with Gasteiger partial charge in [0.2, 0.25) is 0 Å². The molecule has 1 heterocycles. The van der Waals surface area contributed by atoms with Gasteiger partial charge in [-0.25, -0.2) is 8.42 Å². The minimum absolute atomic E-state index is 0.0130. The van der Waals surface area contributed by atoms with E-state index in [2.05, 4.69) is 13.8 Å². The summed E-state index contributed by atoms with van der Waals surface area (Å²) in [5.74, 6) is 1.12. The second-order valence-corrected chi connectivity index (χ2v) is 11.1. The highest BCUT2D eigenvalue weighted by atomic mass is 32.2. The molecule has 1 fully saturated rings. The fourth-order valence-corrected chi connectivity index (χ4v) is 5.85. The smallest absolute Gasteiger partial charge is 0.254 e. The molecule has 0 radical (unpaired) electrons. The lowest BCUT2D eigenvalue weighted by atomic mass is 10.0. The molecule has 0 aliphatic carbocycles. The van der Waals surface area contributed by atoms with Crippen LogP contribution in [0.2, 0.25) is 0 Å². The third kappa shape index (κ3) is 5.13. The van der Waals surface area contributed by atoms with Crippen molar-refractivity contribution >= 4 is 26.5 Å². The second kappa shape index (κ2) is 9.33. The van der Waals surface area contributed by atoms with Gasteiger partial charge in [0.15, 0.2) is 9.84 Å². The van der Waals surface area contributed by atoms with Gasteiger partial charge in [0, 0.05) is 18.2 Å². The quantitative estimate of drug-likeness (QED) is 0.522. The largest absolute Gasteiger partial charge is 0.493 e. The summed E-state index contributed by atoms with van der Waals surface area (Å²) < 4.78 is 30.1. The van der Waals surface area contributed by atoms with Crippen LogP contribution in [0.1, 0.15) is 36.2 Å². The average molecular weight is 452 g/mol. The number of ether oxygens (including phenoxy) is 1. The van der Waals surface area contributed by atoms with Crippen LogP contribution in [0, 0.1) is 5.92 Å². The summed E-state index contributed by atoms with van der Waals surface area (Å²) in [5, 5.41) is 2.18.